The summed E-state index contributed by atoms with van der Waals surface area (Å²) in [7, 11) is 2.09. The van der Waals surface area contributed by atoms with Gasteiger partial charge >= 0.3 is 0 Å². The summed E-state index contributed by atoms with van der Waals surface area (Å²) in [5.41, 5.74) is 2.55. The minimum atomic E-state index is 0.228. The molecular weight excluding hydrogens is 346 g/mol. The molecule has 4 nitrogen and oxygen atoms in total. The van der Waals surface area contributed by atoms with Crippen molar-refractivity contribution in [3.8, 4) is 0 Å². The molecule has 2 aliphatic heterocycles. The Kier molecular flexibility index (Phi) is 5.23. The van der Waals surface area contributed by atoms with Crippen LogP contribution in [0.4, 0.5) is 0 Å². The summed E-state index contributed by atoms with van der Waals surface area (Å²) in [6.45, 7) is 4.87. The Balaban J connectivity index is 1.38. The molecule has 0 N–H and O–H groups in total. The molecule has 0 bridgehead atoms. The number of carbonyl (C=O) groups excluding carboxylic acids is 1. The van der Waals surface area contributed by atoms with E-state index in [1.165, 1.54) is 35.7 Å². The van der Waals surface area contributed by atoms with Gasteiger partial charge < -0.3 is 9.47 Å². The SMILES string of the molecule is Cn1cc(CN2CCC(C(=O)N3CCCCC3)CC2)c2cc(Cl)ccc21. The summed E-state index contributed by atoms with van der Waals surface area (Å²) in [4.78, 5) is 17.3. The van der Waals surface area contributed by atoms with Crippen molar-refractivity contribution >= 4 is 28.4 Å². The molecule has 1 aromatic heterocycles. The van der Waals surface area contributed by atoms with Crippen molar-refractivity contribution in [2.45, 2.75) is 38.6 Å². The molecule has 2 saturated heterocycles. The topological polar surface area (TPSA) is 28.5 Å². The van der Waals surface area contributed by atoms with E-state index >= 15 is 0 Å². The zero-order valence-electron chi connectivity index (χ0n) is 15.6. The third-order valence-corrected chi connectivity index (χ3v) is 6.27. The molecule has 2 aromatic rings. The molecule has 0 unspecified atom stereocenters. The van der Waals surface area contributed by atoms with Gasteiger partial charge in [0.15, 0.2) is 0 Å². The second kappa shape index (κ2) is 7.61. The number of likely N-dealkylation sites (tertiary alicyclic amines) is 2. The third kappa shape index (κ3) is 3.63. The quantitative estimate of drug-likeness (QED) is 0.811. The van der Waals surface area contributed by atoms with Crippen LogP contribution in [0.3, 0.4) is 0 Å². The minimum Gasteiger partial charge on any atom is -0.350 e. The first-order chi connectivity index (χ1) is 12.6. The van der Waals surface area contributed by atoms with Gasteiger partial charge in [0.1, 0.15) is 0 Å². The van der Waals surface area contributed by atoms with Gasteiger partial charge in [0.25, 0.3) is 0 Å². The van der Waals surface area contributed by atoms with Crippen LogP contribution in [0, 0.1) is 5.92 Å². The van der Waals surface area contributed by atoms with Crippen molar-refractivity contribution < 1.29 is 4.79 Å². The second-order valence-corrected chi connectivity index (χ2v) is 8.30. The molecule has 3 heterocycles. The third-order valence-electron chi connectivity index (χ3n) is 6.03. The number of carbonyl (C=O) groups is 1. The number of aryl methyl sites for hydroxylation is 1. The molecule has 0 saturated carbocycles. The van der Waals surface area contributed by atoms with E-state index < -0.39 is 0 Å². The number of benzene rings is 1. The van der Waals surface area contributed by atoms with Crippen LogP contribution in [-0.4, -0.2) is 46.5 Å². The van der Waals surface area contributed by atoms with Crippen LogP contribution in [0.2, 0.25) is 5.02 Å². The van der Waals surface area contributed by atoms with E-state index in [4.69, 9.17) is 11.6 Å². The largest absolute Gasteiger partial charge is 0.350 e. The summed E-state index contributed by atoms with van der Waals surface area (Å²) in [6.07, 6.45) is 7.81. The Hall–Kier alpha value is -1.52. The van der Waals surface area contributed by atoms with Crippen LogP contribution in [0.25, 0.3) is 10.9 Å². The van der Waals surface area contributed by atoms with Crippen LogP contribution in [0.1, 0.15) is 37.7 Å². The van der Waals surface area contributed by atoms with Crippen molar-refractivity contribution in [3.63, 3.8) is 0 Å². The fourth-order valence-electron chi connectivity index (χ4n) is 4.52. The van der Waals surface area contributed by atoms with E-state index in [1.54, 1.807) is 0 Å². The van der Waals surface area contributed by atoms with Gasteiger partial charge in [-0.05, 0) is 69.0 Å². The Morgan fingerprint density at radius 2 is 1.85 bits per heavy atom. The van der Waals surface area contributed by atoms with Gasteiger partial charge in [-0.25, -0.2) is 0 Å². The predicted octanol–water partition coefficient (Wildman–Crippen LogP) is 4.06. The minimum absolute atomic E-state index is 0.228. The first kappa shape index (κ1) is 17.9. The average molecular weight is 374 g/mol. The maximum Gasteiger partial charge on any atom is 0.225 e. The summed E-state index contributed by atoms with van der Waals surface area (Å²) in [5.74, 6) is 0.632. The smallest absolute Gasteiger partial charge is 0.225 e. The highest BCUT2D eigenvalue weighted by molar-refractivity contribution is 6.31. The van der Waals surface area contributed by atoms with Crippen LogP contribution < -0.4 is 0 Å². The monoisotopic (exact) mass is 373 g/mol. The lowest BCUT2D eigenvalue weighted by atomic mass is 9.94. The highest BCUT2D eigenvalue weighted by Gasteiger charge is 2.29. The lowest BCUT2D eigenvalue weighted by Crippen LogP contribution is -2.44. The molecule has 5 heteroatoms. The number of fused-ring (bicyclic) bond motifs is 1. The fraction of sp³-hybridized carbons (Fsp3) is 0.571. The molecule has 0 radical (unpaired) electrons. The average Bonchev–Trinajstić information content (AvgIpc) is 2.97. The maximum atomic E-state index is 12.7. The Labute approximate surface area is 160 Å². The number of aromatic nitrogens is 1. The lowest BCUT2D eigenvalue weighted by Gasteiger charge is -2.35. The van der Waals surface area contributed by atoms with E-state index in [0.29, 0.717) is 5.91 Å². The second-order valence-electron chi connectivity index (χ2n) is 7.86. The number of piperidine rings is 2. The molecule has 1 amide bonds. The van der Waals surface area contributed by atoms with Crippen LogP contribution in [0.5, 0.6) is 0 Å². The molecule has 0 aliphatic carbocycles. The van der Waals surface area contributed by atoms with Gasteiger partial charge in [0.05, 0.1) is 0 Å². The molecular formula is C21H28ClN3O. The first-order valence-corrected chi connectivity index (χ1v) is 10.2. The predicted molar refractivity (Wildman–Crippen MR) is 106 cm³/mol. The number of halogens is 1. The Bertz CT molecular complexity index is 786. The molecule has 140 valence electrons. The summed E-state index contributed by atoms with van der Waals surface area (Å²) in [6, 6.07) is 6.11. The van der Waals surface area contributed by atoms with Crippen molar-refractivity contribution in [3.05, 3.63) is 35.0 Å². The molecule has 4 rings (SSSR count). The van der Waals surface area contributed by atoms with Crippen molar-refractivity contribution in [2.24, 2.45) is 13.0 Å². The zero-order chi connectivity index (χ0) is 18.1. The number of amides is 1. The summed E-state index contributed by atoms with van der Waals surface area (Å²) >= 11 is 6.21. The van der Waals surface area contributed by atoms with Gasteiger partial charge in [-0.2, -0.15) is 0 Å². The van der Waals surface area contributed by atoms with E-state index in [9.17, 15) is 4.79 Å². The molecule has 2 aliphatic rings. The zero-order valence-corrected chi connectivity index (χ0v) is 16.3. The van der Waals surface area contributed by atoms with Gasteiger partial charge in [-0.15, -0.1) is 0 Å². The lowest BCUT2D eigenvalue weighted by molar-refractivity contribution is -0.138. The normalized spacial score (nSPS) is 20.0. The Morgan fingerprint density at radius 3 is 2.58 bits per heavy atom. The van der Waals surface area contributed by atoms with Crippen molar-refractivity contribution in [1.82, 2.24) is 14.4 Å². The van der Waals surface area contributed by atoms with Crippen LogP contribution in [0.15, 0.2) is 24.4 Å². The van der Waals surface area contributed by atoms with Gasteiger partial charge in [-0.3, -0.25) is 9.69 Å². The Morgan fingerprint density at radius 1 is 1.12 bits per heavy atom. The van der Waals surface area contributed by atoms with E-state index in [-0.39, 0.29) is 5.92 Å². The molecule has 0 spiro atoms. The summed E-state index contributed by atoms with van der Waals surface area (Å²) < 4.78 is 2.17. The highest BCUT2D eigenvalue weighted by atomic mass is 35.5. The van der Waals surface area contributed by atoms with Crippen LogP contribution in [-0.2, 0) is 18.4 Å². The molecule has 26 heavy (non-hydrogen) atoms. The molecule has 0 atom stereocenters. The molecule has 1 aromatic carbocycles. The van der Waals surface area contributed by atoms with Crippen molar-refractivity contribution in [2.75, 3.05) is 26.2 Å². The standard InChI is InChI=1S/C21H28ClN3O/c1-23-14-17(19-13-18(22)5-6-20(19)23)15-24-11-7-16(8-12-24)21(26)25-9-3-2-4-10-25/h5-6,13-14,16H,2-4,7-12,15H2,1H3. The van der Waals surface area contributed by atoms with E-state index in [2.05, 4.69) is 39.7 Å². The van der Waals surface area contributed by atoms with Gasteiger partial charge in [0.2, 0.25) is 5.91 Å². The van der Waals surface area contributed by atoms with Crippen LogP contribution >= 0.6 is 11.6 Å². The van der Waals surface area contributed by atoms with Gasteiger partial charge in [-0.1, -0.05) is 11.6 Å². The number of nitrogens with zero attached hydrogens (tertiary/aromatic N) is 3. The first-order valence-electron chi connectivity index (χ1n) is 9.86. The molecule has 2 fully saturated rings. The van der Waals surface area contributed by atoms with Gasteiger partial charge in [0, 0.05) is 54.7 Å². The highest BCUT2D eigenvalue weighted by Crippen LogP contribution is 2.28. The number of hydrogen-bond acceptors (Lipinski definition) is 2. The van der Waals surface area contributed by atoms with E-state index in [0.717, 1.165) is 50.6 Å². The fourth-order valence-corrected chi connectivity index (χ4v) is 4.70. The number of rotatable bonds is 3. The summed E-state index contributed by atoms with van der Waals surface area (Å²) in [5, 5.41) is 2.03. The number of hydrogen-bond donors (Lipinski definition) is 0. The van der Waals surface area contributed by atoms with Crippen molar-refractivity contribution in [1.29, 1.82) is 0 Å². The maximum absolute atomic E-state index is 12.7. The van der Waals surface area contributed by atoms with E-state index in [1.807, 2.05) is 6.07 Å².